The summed E-state index contributed by atoms with van der Waals surface area (Å²) >= 11 is 7.60. The van der Waals surface area contributed by atoms with Crippen molar-refractivity contribution in [3.63, 3.8) is 0 Å². The molecule has 0 unspecified atom stereocenters. The van der Waals surface area contributed by atoms with Crippen molar-refractivity contribution in [1.82, 2.24) is 20.0 Å². The molecule has 4 aromatic rings. The fourth-order valence-corrected chi connectivity index (χ4v) is 4.32. The van der Waals surface area contributed by atoms with E-state index >= 15 is 0 Å². The lowest BCUT2D eigenvalue weighted by Gasteiger charge is -2.07. The van der Waals surface area contributed by atoms with Crippen molar-refractivity contribution in [2.24, 2.45) is 0 Å². The van der Waals surface area contributed by atoms with E-state index in [1.807, 2.05) is 51.1 Å². The summed E-state index contributed by atoms with van der Waals surface area (Å²) in [7, 11) is 0. The SMILES string of the molecule is Cc1ccc(Cl)cc1-n1nnc(C(=O)Nc2nc(C)c(Cc3ccccc3)s2)c1C. The van der Waals surface area contributed by atoms with E-state index in [1.165, 1.54) is 16.9 Å². The fourth-order valence-electron chi connectivity index (χ4n) is 3.16. The molecule has 30 heavy (non-hydrogen) atoms. The Kier molecular flexibility index (Phi) is 5.65. The molecule has 2 aromatic carbocycles. The van der Waals surface area contributed by atoms with Gasteiger partial charge in [-0.15, -0.1) is 16.4 Å². The van der Waals surface area contributed by atoms with Gasteiger partial charge in [0.05, 0.1) is 17.1 Å². The van der Waals surface area contributed by atoms with Crippen LogP contribution in [0.4, 0.5) is 5.13 Å². The Morgan fingerprint density at radius 1 is 1.13 bits per heavy atom. The van der Waals surface area contributed by atoms with Gasteiger partial charge in [-0.1, -0.05) is 53.2 Å². The van der Waals surface area contributed by atoms with Gasteiger partial charge < -0.3 is 0 Å². The maximum absolute atomic E-state index is 12.8. The first kappa shape index (κ1) is 20.3. The minimum Gasteiger partial charge on any atom is -0.296 e. The number of nitrogens with one attached hydrogen (secondary N) is 1. The summed E-state index contributed by atoms with van der Waals surface area (Å²) in [5, 5.41) is 12.3. The summed E-state index contributed by atoms with van der Waals surface area (Å²) < 4.78 is 1.63. The molecule has 4 rings (SSSR count). The molecule has 0 saturated carbocycles. The van der Waals surface area contributed by atoms with Gasteiger partial charge in [-0.2, -0.15) is 0 Å². The van der Waals surface area contributed by atoms with E-state index < -0.39 is 0 Å². The molecular formula is C22H20ClN5OS. The van der Waals surface area contributed by atoms with E-state index in [4.69, 9.17) is 11.6 Å². The van der Waals surface area contributed by atoms with E-state index in [9.17, 15) is 4.79 Å². The number of carbonyl (C=O) groups is 1. The van der Waals surface area contributed by atoms with Crippen molar-refractivity contribution in [2.75, 3.05) is 5.32 Å². The number of amides is 1. The highest BCUT2D eigenvalue weighted by Crippen LogP contribution is 2.26. The Bertz CT molecular complexity index is 1220. The van der Waals surface area contributed by atoms with E-state index in [-0.39, 0.29) is 11.6 Å². The van der Waals surface area contributed by atoms with E-state index in [1.54, 1.807) is 10.7 Å². The summed E-state index contributed by atoms with van der Waals surface area (Å²) in [6, 6.07) is 15.7. The molecule has 152 valence electrons. The second kappa shape index (κ2) is 8.38. The van der Waals surface area contributed by atoms with Gasteiger partial charge in [0.15, 0.2) is 10.8 Å². The number of nitrogens with zero attached hydrogens (tertiary/aromatic N) is 4. The Hall–Kier alpha value is -3.03. The van der Waals surface area contributed by atoms with Gasteiger partial charge in [0.25, 0.3) is 5.91 Å². The lowest BCUT2D eigenvalue weighted by molar-refractivity contribution is 0.102. The predicted octanol–water partition coefficient (Wildman–Crippen LogP) is 5.15. The minimum atomic E-state index is -0.335. The van der Waals surface area contributed by atoms with Gasteiger partial charge in [0.1, 0.15) is 0 Å². The fraction of sp³-hybridized carbons (Fsp3) is 0.182. The van der Waals surface area contributed by atoms with Crippen LogP contribution in [0.15, 0.2) is 48.5 Å². The van der Waals surface area contributed by atoms with Crippen LogP contribution < -0.4 is 5.32 Å². The molecule has 0 aliphatic carbocycles. The normalized spacial score (nSPS) is 10.9. The third kappa shape index (κ3) is 4.13. The Labute approximate surface area is 183 Å². The molecule has 0 spiro atoms. The number of aromatic nitrogens is 4. The van der Waals surface area contributed by atoms with E-state index in [0.717, 1.165) is 28.2 Å². The monoisotopic (exact) mass is 437 g/mol. The largest absolute Gasteiger partial charge is 0.296 e. The third-order valence-corrected chi connectivity index (χ3v) is 6.14. The van der Waals surface area contributed by atoms with E-state index in [2.05, 4.69) is 32.7 Å². The molecule has 0 saturated heterocycles. The van der Waals surface area contributed by atoms with Crippen molar-refractivity contribution in [3.8, 4) is 5.69 Å². The third-order valence-electron chi connectivity index (χ3n) is 4.83. The quantitative estimate of drug-likeness (QED) is 0.468. The van der Waals surface area contributed by atoms with Gasteiger partial charge in [0.2, 0.25) is 0 Å². The second-order valence-corrected chi connectivity index (χ2v) is 8.53. The van der Waals surface area contributed by atoms with Crippen LogP contribution in [0.2, 0.25) is 5.02 Å². The van der Waals surface area contributed by atoms with Crippen LogP contribution in [0.3, 0.4) is 0 Å². The molecule has 0 fully saturated rings. The Morgan fingerprint density at radius 2 is 1.90 bits per heavy atom. The highest BCUT2D eigenvalue weighted by atomic mass is 35.5. The predicted molar refractivity (Wildman–Crippen MR) is 120 cm³/mol. The van der Waals surface area contributed by atoms with Crippen molar-refractivity contribution in [1.29, 1.82) is 0 Å². The van der Waals surface area contributed by atoms with Crippen molar-refractivity contribution in [3.05, 3.63) is 86.6 Å². The second-order valence-electron chi connectivity index (χ2n) is 7.01. The maximum Gasteiger partial charge on any atom is 0.279 e. The van der Waals surface area contributed by atoms with Gasteiger partial charge >= 0.3 is 0 Å². The number of halogens is 1. The first-order valence-electron chi connectivity index (χ1n) is 9.43. The molecule has 8 heteroatoms. The first-order valence-corrected chi connectivity index (χ1v) is 10.6. The van der Waals surface area contributed by atoms with Crippen LogP contribution in [-0.2, 0) is 6.42 Å². The summed E-state index contributed by atoms with van der Waals surface area (Å²) in [6.07, 6.45) is 0.781. The molecule has 1 amide bonds. The number of thiazole rings is 1. The highest BCUT2D eigenvalue weighted by Gasteiger charge is 2.20. The lowest BCUT2D eigenvalue weighted by atomic mass is 10.1. The number of hydrogen-bond donors (Lipinski definition) is 1. The smallest absolute Gasteiger partial charge is 0.279 e. The highest BCUT2D eigenvalue weighted by molar-refractivity contribution is 7.15. The average Bonchev–Trinajstić information content (AvgIpc) is 3.27. The van der Waals surface area contributed by atoms with Crippen LogP contribution in [0.25, 0.3) is 5.69 Å². The molecule has 0 aliphatic heterocycles. The van der Waals surface area contributed by atoms with Crippen LogP contribution in [0.5, 0.6) is 0 Å². The van der Waals surface area contributed by atoms with Crippen molar-refractivity contribution in [2.45, 2.75) is 27.2 Å². The van der Waals surface area contributed by atoms with Crippen molar-refractivity contribution >= 4 is 34.0 Å². The summed E-state index contributed by atoms with van der Waals surface area (Å²) in [4.78, 5) is 18.4. The van der Waals surface area contributed by atoms with E-state index in [0.29, 0.717) is 15.8 Å². The van der Waals surface area contributed by atoms with Crippen LogP contribution in [0.1, 0.15) is 37.9 Å². The van der Waals surface area contributed by atoms with Crippen LogP contribution in [-0.4, -0.2) is 25.9 Å². The number of carbonyl (C=O) groups excluding carboxylic acids is 1. The molecule has 6 nitrogen and oxygen atoms in total. The van der Waals surface area contributed by atoms with Crippen LogP contribution >= 0.6 is 22.9 Å². The van der Waals surface area contributed by atoms with Gasteiger partial charge in [-0.05, 0) is 44.0 Å². The van der Waals surface area contributed by atoms with Gasteiger partial charge in [-0.25, -0.2) is 9.67 Å². The molecule has 1 N–H and O–H groups in total. The molecular weight excluding hydrogens is 418 g/mol. The number of aryl methyl sites for hydroxylation is 2. The van der Waals surface area contributed by atoms with Crippen LogP contribution in [0, 0.1) is 20.8 Å². The topological polar surface area (TPSA) is 72.7 Å². The van der Waals surface area contributed by atoms with Gasteiger partial charge in [-0.3, -0.25) is 10.1 Å². The molecule has 2 heterocycles. The number of anilines is 1. The molecule has 0 bridgehead atoms. The molecule has 0 aliphatic rings. The number of hydrogen-bond acceptors (Lipinski definition) is 5. The Morgan fingerprint density at radius 3 is 2.67 bits per heavy atom. The van der Waals surface area contributed by atoms with Crippen molar-refractivity contribution < 1.29 is 4.79 Å². The molecule has 2 aromatic heterocycles. The summed E-state index contributed by atoms with van der Waals surface area (Å²) in [6.45, 7) is 5.72. The lowest BCUT2D eigenvalue weighted by Crippen LogP contribution is -2.14. The number of rotatable bonds is 5. The maximum atomic E-state index is 12.8. The molecule has 0 atom stereocenters. The standard InChI is InChI=1S/C22H20ClN5OS/c1-13-9-10-17(23)12-18(13)28-15(3)20(26-27-28)21(29)25-22-24-14(2)19(30-22)11-16-7-5-4-6-8-16/h4-10,12H,11H2,1-3H3,(H,24,25,29). The first-order chi connectivity index (χ1) is 14.4. The number of benzene rings is 2. The van der Waals surface area contributed by atoms with Gasteiger partial charge in [0, 0.05) is 16.3 Å². The molecule has 0 radical (unpaired) electrons. The zero-order valence-corrected chi connectivity index (χ0v) is 18.4. The average molecular weight is 438 g/mol. The summed E-state index contributed by atoms with van der Waals surface area (Å²) in [5.41, 5.74) is 4.79. The Balaban J connectivity index is 1.55. The summed E-state index contributed by atoms with van der Waals surface area (Å²) in [5.74, 6) is -0.335. The zero-order valence-electron chi connectivity index (χ0n) is 16.8. The minimum absolute atomic E-state index is 0.256. The zero-order chi connectivity index (χ0) is 21.3.